The number of hydrogen-bond acceptors (Lipinski definition) is 3. The summed E-state index contributed by atoms with van der Waals surface area (Å²) in [5.41, 5.74) is 2.97. The predicted molar refractivity (Wildman–Crippen MR) is 93.4 cm³/mol. The van der Waals surface area contributed by atoms with Crippen LogP contribution in [0.1, 0.15) is 22.5 Å². The van der Waals surface area contributed by atoms with Crippen LogP contribution in [0.4, 0.5) is 0 Å². The van der Waals surface area contributed by atoms with Gasteiger partial charge >= 0.3 is 0 Å². The van der Waals surface area contributed by atoms with E-state index in [2.05, 4.69) is 33.6 Å². The van der Waals surface area contributed by atoms with Crippen molar-refractivity contribution < 1.29 is 4.74 Å². The quantitative estimate of drug-likeness (QED) is 0.647. The molecule has 0 radical (unpaired) electrons. The van der Waals surface area contributed by atoms with E-state index in [0.29, 0.717) is 11.4 Å². The van der Waals surface area contributed by atoms with E-state index in [-0.39, 0.29) is 0 Å². The normalized spacial score (nSPS) is 9.21. The highest BCUT2D eigenvalue weighted by molar-refractivity contribution is 5.44. The van der Waals surface area contributed by atoms with Crippen LogP contribution in [0.25, 0.3) is 0 Å². The Balaban J connectivity index is 1.82. The summed E-state index contributed by atoms with van der Waals surface area (Å²) >= 11 is 0. The van der Waals surface area contributed by atoms with Gasteiger partial charge in [-0.15, -0.1) is 0 Å². The number of ether oxygens (including phenoxy) is 1. The monoisotopic (exact) mass is 310 g/mol. The largest absolute Gasteiger partial charge is 0.497 e. The molecule has 0 atom stereocenters. The number of methoxy groups -OCH3 is 1. The van der Waals surface area contributed by atoms with Crippen LogP contribution in [0, 0.1) is 23.7 Å². The lowest BCUT2D eigenvalue weighted by Crippen LogP contribution is -1.90. The van der Waals surface area contributed by atoms with Crippen molar-refractivity contribution in [2.45, 2.75) is 0 Å². The molecule has 1 aromatic heterocycles. The summed E-state index contributed by atoms with van der Waals surface area (Å²) in [6, 6.07) is 17.3. The summed E-state index contributed by atoms with van der Waals surface area (Å²) in [5, 5.41) is 0. The second kappa shape index (κ2) is 7.63. The van der Waals surface area contributed by atoms with Crippen LogP contribution in [-0.2, 0) is 0 Å². The molecule has 0 unspecified atom stereocenters. The Hall–Kier alpha value is -3.56. The molecule has 0 fully saturated rings. The second-order valence-electron chi connectivity index (χ2n) is 4.89. The molecule has 114 valence electrons. The van der Waals surface area contributed by atoms with Gasteiger partial charge in [0.05, 0.1) is 19.5 Å². The van der Waals surface area contributed by atoms with Gasteiger partial charge in [0.25, 0.3) is 0 Å². The summed E-state index contributed by atoms with van der Waals surface area (Å²) < 4.78 is 5.19. The van der Waals surface area contributed by atoms with Crippen molar-refractivity contribution in [2.24, 2.45) is 0 Å². The standard InChI is InChI=1S/C21H14N2O/c1-24-21-9-5-8-18(14-21)11-13-20-16-22-15-19(23-20)12-10-17-6-3-2-4-7-17/h2-9,14-16H,1H3. The number of nitrogens with zero attached hydrogens (tertiary/aromatic N) is 2. The lowest BCUT2D eigenvalue weighted by atomic mass is 10.2. The van der Waals surface area contributed by atoms with Gasteiger partial charge in [0, 0.05) is 11.1 Å². The average molecular weight is 310 g/mol. The van der Waals surface area contributed by atoms with Gasteiger partial charge in [-0.25, -0.2) is 4.98 Å². The predicted octanol–water partition coefficient (Wildman–Crippen LogP) is 3.28. The average Bonchev–Trinajstić information content (AvgIpc) is 2.66. The molecular weight excluding hydrogens is 296 g/mol. The van der Waals surface area contributed by atoms with Gasteiger partial charge in [-0.05, 0) is 42.2 Å². The first-order chi connectivity index (χ1) is 11.8. The van der Waals surface area contributed by atoms with E-state index in [0.717, 1.165) is 16.9 Å². The van der Waals surface area contributed by atoms with Crippen molar-refractivity contribution in [3.8, 4) is 29.4 Å². The molecule has 0 aliphatic rings. The second-order valence-corrected chi connectivity index (χ2v) is 4.89. The van der Waals surface area contributed by atoms with Gasteiger partial charge in [0.2, 0.25) is 0 Å². The molecule has 0 saturated heterocycles. The molecule has 0 bridgehead atoms. The number of benzene rings is 2. The fraction of sp³-hybridized carbons (Fsp3) is 0.0476. The maximum absolute atomic E-state index is 5.19. The Bertz CT molecular complexity index is 957. The maximum Gasteiger partial charge on any atom is 0.133 e. The van der Waals surface area contributed by atoms with E-state index in [4.69, 9.17) is 4.74 Å². The molecule has 1 heterocycles. The lowest BCUT2D eigenvalue weighted by molar-refractivity contribution is 0.414. The summed E-state index contributed by atoms with van der Waals surface area (Å²) in [6.45, 7) is 0. The van der Waals surface area contributed by atoms with Crippen molar-refractivity contribution in [1.82, 2.24) is 9.97 Å². The minimum absolute atomic E-state index is 0.581. The van der Waals surface area contributed by atoms with E-state index in [1.807, 2.05) is 54.6 Å². The van der Waals surface area contributed by atoms with Gasteiger partial charge in [-0.1, -0.05) is 36.1 Å². The Morgan fingerprint density at radius 3 is 2.12 bits per heavy atom. The molecule has 0 saturated carbocycles. The van der Waals surface area contributed by atoms with Crippen LogP contribution in [0.3, 0.4) is 0 Å². The van der Waals surface area contributed by atoms with E-state index >= 15 is 0 Å². The van der Waals surface area contributed by atoms with Crippen molar-refractivity contribution in [1.29, 1.82) is 0 Å². The summed E-state index contributed by atoms with van der Waals surface area (Å²) in [4.78, 5) is 8.56. The van der Waals surface area contributed by atoms with Crippen LogP contribution in [0.5, 0.6) is 5.75 Å². The van der Waals surface area contributed by atoms with Crippen molar-refractivity contribution in [3.05, 3.63) is 89.5 Å². The smallest absolute Gasteiger partial charge is 0.133 e. The molecule has 0 aliphatic heterocycles. The number of rotatable bonds is 1. The SMILES string of the molecule is COc1cccc(C#Cc2cncc(C#Cc3ccccc3)n2)c1. The van der Waals surface area contributed by atoms with E-state index in [9.17, 15) is 0 Å². The van der Waals surface area contributed by atoms with Gasteiger partial charge in [0.1, 0.15) is 17.1 Å². The zero-order valence-corrected chi connectivity index (χ0v) is 13.2. The van der Waals surface area contributed by atoms with E-state index in [1.165, 1.54) is 0 Å². The molecule has 2 aromatic carbocycles. The van der Waals surface area contributed by atoms with Gasteiger partial charge in [0.15, 0.2) is 0 Å². The van der Waals surface area contributed by atoms with Crippen LogP contribution in [0.2, 0.25) is 0 Å². The number of hydrogen-bond donors (Lipinski definition) is 0. The molecule has 0 spiro atoms. The fourth-order valence-corrected chi connectivity index (χ4v) is 1.98. The molecule has 3 aromatic rings. The lowest BCUT2D eigenvalue weighted by Gasteiger charge is -1.98. The Morgan fingerprint density at radius 1 is 0.750 bits per heavy atom. The molecule has 0 N–H and O–H groups in total. The minimum atomic E-state index is 0.581. The molecular formula is C21H14N2O. The zero-order valence-electron chi connectivity index (χ0n) is 13.2. The van der Waals surface area contributed by atoms with Crippen molar-refractivity contribution in [3.63, 3.8) is 0 Å². The van der Waals surface area contributed by atoms with Crippen molar-refractivity contribution in [2.75, 3.05) is 7.11 Å². The third-order valence-corrected chi connectivity index (χ3v) is 3.15. The van der Waals surface area contributed by atoms with Crippen LogP contribution in [0.15, 0.2) is 67.0 Å². The maximum atomic E-state index is 5.19. The van der Waals surface area contributed by atoms with Crippen LogP contribution >= 0.6 is 0 Å². The molecule has 3 nitrogen and oxygen atoms in total. The van der Waals surface area contributed by atoms with Gasteiger partial charge in [-0.3, -0.25) is 4.98 Å². The summed E-state index contributed by atoms with van der Waals surface area (Å²) in [5.74, 6) is 12.9. The highest BCUT2D eigenvalue weighted by Crippen LogP contribution is 2.11. The molecule has 0 aliphatic carbocycles. The first-order valence-corrected chi connectivity index (χ1v) is 7.39. The third-order valence-electron chi connectivity index (χ3n) is 3.15. The van der Waals surface area contributed by atoms with Crippen LogP contribution in [-0.4, -0.2) is 17.1 Å². The Morgan fingerprint density at radius 2 is 1.42 bits per heavy atom. The van der Waals surface area contributed by atoms with Gasteiger partial charge in [-0.2, -0.15) is 0 Å². The molecule has 3 rings (SSSR count). The summed E-state index contributed by atoms with van der Waals surface area (Å²) in [6.07, 6.45) is 3.26. The molecule has 0 amide bonds. The van der Waals surface area contributed by atoms with Gasteiger partial charge < -0.3 is 4.74 Å². The zero-order chi connectivity index (χ0) is 16.6. The highest BCUT2D eigenvalue weighted by atomic mass is 16.5. The molecule has 3 heteroatoms. The van der Waals surface area contributed by atoms with Crippen molar-refractivity contribution >= 4 is 0 Å². The molecule has 24 heavy (non-hydrogen) atoms. The van der Waals surface area contributed by atoms with E-state index in [1.54, 1.807) is 19.5 Å². The number of aromatic nitrogens is 2. The highest BCUT2D eigenvalue weighted by Gasteiger charge is 1.94. The first-order valence-electron chi connectivity index (χ1n) is 7.39. The summed E-state index contributed by atoms with van der Waals surface area (Å²) in [7, 11) is 1.63. The third kappa shape index (κ3) is 4.22. The Kier molecular flexibility index (Phi) is 4.87. The minimum Gasteiger partial charge on any atom is -0.497 e. The fourth-order valence-electron chi connectivity index (χ4n) is 1.98. The first kappa shape index (κ1) is 15.3. The van der Waals surface area contributed by atoms with Crippen LogP contribution < -0.4 is 4.74 Å². The topological polar surface area (TPSA) is 35.0 Å². The van der Waals surface area contributed by atoms with E-state index < -0.39 is 0 Å². The Labute approximate surface area is 141 Å².